The molecule has 1 N–H and O–H groups in total. The Balaban J connectivity index is 2.51. The van der Waals surface area contributed by atoms with E-state index in [9.17, 15) is 0 Å². The lowest BCUT2D eigenvalue weighted by molar-refractivity contribution is 1.05. The molecule has 0 aliphatic carbocycles. The number of fused-ring (bicyclic) bond motifs is 1. The maximum Gasteiger partial charge on any atom is 0.0915 e. The van der Waals surface area contributed by atoms with Gasteiger partial charge in [0.05, 0.1) is 6.07 Å². The maximum atomic E-state index is 8.65. The van der Waals surface area contributed by atoms with E-state index in [0.717, 1.165) is 24.2 Å². The van der Waals surface area contributed by atoms with Crippen LogP contribution in [0.25, 0.3) is 5.57 Å². The first-order chi connectivity index (χ1) is 6.81. The fourth-order valence-electron chi connectivity index (χ4n) is 1.78. The fourth-order valence-corrected chi connectivity index (χ4v) is 1.78. The highest BCUT2D eigenvalue weighted by molar-refractivity contribution is 5.80. The molecule has 0 fully saturated rings. The molecule has 0 bridgehead atoms. The first-order valence-corrected chi connectivity index (χ1v) is 4.75. The lowest BCUT2D eigenvalue weighted by Gasteiger charge is -2.20. The molecule has 0 saturated carbocycles. The number of allylic oxidation sites excluding steroid dienone is 1. The number of hydrogen-bond donors (Lipinski definition) is 1. The molecule has 0 spiro atoms. The van der Waals surface area contributed by atoms with Gasteiger partial charge >= 0.3 is 0 Å². The second kappa shape index (κ2) is 3.55. The van der Waals surface area contributed by atoms with Gasteiger partial charge in [-0.05, 0) is 30.5 Å². The number of benzene rings is 1. The minimum Gasteiger partial charge on any atom is -0.384 e. The van der Waals surface area contributed by atoms with E-state index < -0.39 is 0 Å². The number of hydrogen-bond acceptors (Lipinski definition) is 2. The zero-order valence-electron chi connectivity index (χ0n) is 8.17. The molecule has 2 rings (SSSR count). The monoisotopic (exact) mass is 184 g/mol. The van der Waals surface area contributed by atoms with Gasteiger partial charge in [0.1, 0.15) is 0 Å². The Bertz CT molecular complexity index is 424. The summed E-state index contributed by atoms with van der Waals surface area (Å²) in [5.41, 5.74) is 4.71. The van der Waals surface area contributed by atoms with Gasteiger partial charge in [0, 0.05) is 23.9 Å². The van der Waals surface area contributed by atoms with Crippen LogP contribution in [0.15, 0.2) is 24.3 Å². The zero-order valence-corrected chi connectivity index (χ0v) is 8.17. The molecule has 1 aliphatic heterocycles. The van der Waals surface area contributed by atoms with Crippen molar-refractivity contribution in [1.29, 1.82) is 5.26 Å². The maximum absolute atomic E-state index is 8.65. The predicted molar refractivity (Wildman–Crippen MR) is 57.9 cm³/mol. The summed E-state index contributed by atoms with van der Waals surface area (Å²) in [6.07, 6.45) is 2.58. The van der Waals surface area contributed by atoms with Crippen LogP contribution in [-0.4, -0.2) is 6.54 Å². The smallest absolute Gasteiger partial charge is 0.0915 e. The van der Waals surface area contributed by atoms with Crippen LogP contribution in [0.3, 0.4) is 0 Å². The van der Waals surface area contributed by atoms with Gasteiger partial charge in [-0.2, -0.15) is 5.26 Å². The number of rotatable bonds is 0. The van der Waals surface area contributed by atoms with Gasteiger partial charge in [-0.25, -0.2) is 0 Å². The Labute approximate surface area is 83.9 Å². The largest absolute Gasteiger partial charge is 0.384 e. The topological polar surface area (TPSA) is 35.8 Å². The van der Waals surface area contributed by atoms with Crippen molar-refractivity contribution in [2.45, 2.75) is 13.3 Å². The number of nitriles is 1. The summed E-state index contributed by atoms with van der Waals surface area (Å²) < 4.78 is 0. The van der Waals surface area contributed by atoms with E-state index in [4.69, 9.17) is 5.26 Å². The summed E-state index contributed by atoms with van der Waals surface area (Å²) >= 11 is 0. The first-order valence-electron chi connectivity index (χ1n) is 4.75. The fraction of sp³-hybridized carbons (Fsp3) is 0.250. The van der Waals surface area contributed by atoms with Crippen LogP contribution in [0.4, 0.5) is 5.69 Å². The molecule has 0 atom stereocenters. The highest BCUT2D eigenvalue weighted by Gasteiger charge is 2.12. The molecular formula is C12H12N2. The summed E-state index contributed by atoms with van der Waals surface area (Å²) in [6, 6.07) is 8.39. The minimum absolute atomic E-state index is 0.921. The quantitative estimate of drug-likeness (QED) is 0.629. The average molecular weight is 184 g/mol. The van der Waals surface area contributed by atoms with Crippen molar-refractivity contribution in [2.75, 3.05) is 11.9 Å². The third-order valence-electron chi connectivity index (χ3n) is 2.47. The summed E-state index contributed by atoms with van der Waals surface area (Å²) in [4.78, 5) is 0. The van der Waals surface area contributed by atoms with E-state index in [1.807, 2.05) is 0 Å². The number of nitrogens with one attached hydrogen (secondary N) is 1. The van der Waals surface area contributed by atoms with E-state index in [1.165, 1.54) is 11.1 Å². The third-order valence-corrected chi connectivity index (χ3v) is 2.47. The molecule has 1 aromatic carbocycles. The first kappa shape index (κ1) is 8.83. The van der Waals surface area contributed by atoms with Crippen LogP contribution in [0.1, 0.15) is 17.5 Å². The van der Waals surface area contributed by atoms with Crippen molar-refractivity contribution in [3.05, 3.63) is 35.4 Å². The van der Waals surface area contributed by atoms with Gasteiger partial charge in [-0.15, -0.1) is 0 Å². The normalized spacial score (nSPS) is 17.0. The van der Waals surface area contributed by atoms with Crippen LogP contribution in [0.5, 0.6) is 0 Å². The van der Waals surface area contributed by atoms with Crippen molar-refractivity contribution in [3.63, 3.8) is 0 Å². The predicted octanol–water partition coefficient (Wildman–Crippen LogP) is 2.72. The number of nitrogens with zero attached hydrogens (tertiary/aromatic N) is 1. The van der Waals surface area contributed by atoms with Crippen molar-refractivity contribution >= 4 is 11.3 Å². The SMILES string of the molecule is Cc1ccc2c(c1)NCC/C2=C\C#N. The van der Waals surface area contributed by atoms with Gasteiger partial charge < -0.3 is 5.32 Å². The van der Waals surface area contributed by atoms with Crippen molar-refractivity contribution < 1.29 is 0 Å². The van der Waals surface area contributed by atoms with Gasteiger partial charge in [-0.3, -0.25) is 0 Å². The van der Waals surface area contributed by atoms with Crippen LogP contribution < -0.4 is 5.32 Å². The second-order valence-electron chi connectivity index (χ2n) is 3.52. The molecule has 0 saturated heterocycles. The van der Waals surface area contributed by atoms with E-state index in [-0.39, 0.29) is 0 Å². The second-order valence-corrected chi connectivity index (χ2v) is 3.52. The van der Waals surface area contributed by atoms with Crippen LogP contribution in [0, 0.1) is 18.3 Å². The van der Waals surface area contributed by atoms with Crippen LogP contribution >= 0.6 is 0 Å². The van der Waals surface area contributed by atoms with E-state index in [0.29, 0.717) is 0 Å². The summed E-state index contributed by atoms with van der Waals surface area (Å²) in [5.74, 6) is 0. The molecular weight excluding hydrogens is 172 g/mol. The van der Waals surface area contributed by atoms with Crippen LogP contribution in [-0.2, 0) is 0 Å². The Morgan fingerprint density at radius 3 is 3.14 bits per heavy atom. The highest BCUT2D eigenvalue weighted by Crippen LogP contribution is 2.30. The third kappa shape index (κ3) is 1.49. The van der Waals surface area contributed by atoms with E-state index >= 15 is 0 Å². The standard InChI is InChI=1S/C12H12N2/c1-9-2-3-11-10(4-6-13)5-7-14-12(11)8-9/h2-4,8,14H,5,7H2,1H3/b10-4+. The molecule has 2 heteroatoms. The molecule has 70 valence electrons. The number of aryl methyl sites for hydroxylation is 1. The van der Waals surface area contributed by atoms with E-state index in [1.54, 1.807) is 6.08 Å². The molecule has 0 unspecified atom stereocenters. The zero-order chi connectivity index (χ0) is 9.97. The minimum atomic E-state index is 0.921. The Morgan fingerprint density at radius 1 is 1.50 bits per heavy atom. The molecule has 1 heterocycles. The van der Waals surface area contributed by atoms with Gasteiger partial charge in [0.25, 0.3) is 0 Å². The van der Waals surface area contributed by atoms with Gasteiger partial charge in [0.15, 0.2) is 0 Å². The summed E-state index contributed by atoms with van der Waals surface area (Å²) in [6.45, 7) is 2.99. The number of anilines is 1. The molecule has 14 heavy (non-hydrogen) atoms. The summed E-state index contributed by atoms with van der Waals surface area (Å²) in [5, 5.41) is 12.0. The Hall–Kier alpha value is -1.75. The lowest BCUT2D eigenvalue weighted by atomic mass is 9.96. The molecule has 0 amide bonds. The highest BCUT2D eigenvalue weighted by atomic mass is 14.9. The van der Waals surface area contributed by atoms with Crippen molar-refractivity contribution in [3.8, 4) is 6.07 Å². The Morgan fingerprint density at radius 2 is 2.36 bits per heavy atom. The van der Waals surface area contributed by atoms with Crippen LogP contribution in [0.2, 0.25) is 0 Å². The molecule has 0 radical (unpaired) electrons. The van der Waals surface area contributed by atoms with Gasteiger partial charge in [-0.1, -0.05) is 12.1 Å². The average Bonchev–Trinajstić information content (AvgIpc) is 2.18. The lowest BCUT2D eigenvalue weighted by Crippen LogP contribution is -2.10. The summed E-state index contributed by atoms with van der Waals surface area (Å²) in [7, 11) is 0. The molecule has 2 nitrogen and oxygen atoms in total. The van der Waals surface area contributed by atoms with Crippen molar-refractivity contribution in [1.82, 2.24) is 0 Å². The molecule has 1 aliphatic rings. The van der Waals surface area contributed by atoms with E-state index in [2.05, 4.69) is 36.5 Å². The van der Waals surface area contributed by atoms with Gasteiger partial charge in [0.2, 0.25) is 0 Å². The molecule has 1 aromatic rings. The Kier molecular flexibility index (Phi) is 2.24. The van der Waals surface area contributed by atoms with Crippen molar-refractivity contribution in [2.24, 2.45) is 0 Å². The molecule has 0 aromatic heterocycles.